The molecule has 1 heterocycles. The molecule has 134 valence electrons. The number of benzene rings is 1. The van der Waals surface area contributed by atoms with Gasteiger partial charge in [-0.15, -0.1) is 0 Å². The highest BCUT2D eigenvalue weighted by molar-refractivity contribution is 5.99. The van der Waals surface area contributed by atoms with Gasteiger partial charge in [-0.1, -0.05) is 19.3 Å². The van der Waals surface area contributed by atoms with E-state index < -0.39 is 0 Å². The summed E-state index contributed by atoms with van der Waals surface area (Å²) < 4.78 is 0. The first kappa shape index (κ1) is 16.6. The molecule has 1 atom stereocenters. The van der Waals surface area contributed by atoms with Crippen LogP contribution in [0.25, 0.3) is 10.9 Å². The van der Waals surface area contributed by atoms with E-state index in [1.165, 1.54) is 61.6 Å². The van der Waals surface area contributed by atoms with Crippen molar-refractivity contribution in [3.63, 3.8) is 0 Å². The van der Waals surface area contributed by atoms with E-state index in [0.29, 0.717) is 12.1 Å². The summed E-state index contributed by atoms with van der Waals surface area (Å²) in [5.74, 6) is 0.0736. The van der Waals surface area contributed by atoms with Crippen molar-refractivity contribution in [3.05, 3.63) is 35.0 Å². The minimum atomic E-state index is 0.0736. The van der Waals surface area contributed by atoms with E-state index in [9.17, 15) is 4.79 Å². The molecule has 0 saturated heterocycles. The summed E-state index contributed by atoms with van der Waals surface area (Å²) in [5.41, 5.74) is 4.73. The van der Waals surface area contributed by atoms with Gasteiger partial charge in [0, 0.05) is 48.3 Å². The average Bonchev–Trinajstić information content (AvgIpc) is 3.01. The Morgan fingerprint density at radius 1 is 1.12 bits per heavy atom. The van der Waals surface area contributed by atoms with Crippen LogP contribution in [0.4, 0.5) is 0 Å². The third-order valence-corrected chi connectivity index (χ3v) is 5.90. The molecule has 1 fully saturated rings. The number of aromatic amines is 1. The number of aromatic nitrogens is 1. The van der Waals surface area contributed by atoms with E-state index in [-0.39, 0.29) is 5.91 Å². The number of nitrogens with zero attached hydrogens (tertiary/aromatic N) is 1. The standard InChI is InChI=1S/C21H29N3O/c1-24(2)21(25)14-11-12-18-17(13-14)16-9-6-10-19(20(16)23-18)22-15-7-4-3-5-8-15/h11-13,15,19,22-23H,3-10H2,1-2H3. The molecular formula is C21H29N3O. The first-order valence-electron chi connectivity index (χ1n) is 9.75. The van der Waals surface area contributed by atoms with E-state index in [4.69, 9.17) is 0 Å². The Morgan fingerprint density at radius 2 is 1.92 bits per heavy atom. The first-order chi connectivity index (χ1) is 12.1. The van der Waals surface area contributed by atoms with Crippen molar-refractivity contribution < 1.29 is 4.79 Å². The number of carbonyl (C=O) groups excluding carboxylic acids is 1. The zero-order valence-corrected chi connectivity index (χ0v) is 15.4. The summed E-state index contributed by atoms with van der Waals surface area (Å²) in [7, 11) is 3.62. The van der Waals surface area contributed by atoms with Crippen LogP contribution in [0.5, 0.6) is 0 Å². The molecule has 4 nitrogen and oxygen atoms in total. The van der Waals surface area contributed by atoms with Gasteiger partial charge in [0.15, 0.2) is 0 Å². The zero-order valence-electron chi connectivity index (χ0n) is 15.4. The van der Waals surface area contributed by atoms with Crippen molar-refractivity contribution in [2.75, 3.05) is 14.1 Å². The summed E-state index contributed by atoms with van der Waals surface area (Å²) in [6, 6.07) is 7.20. The zero-order chi connectivity index (χ0) is 17.4. The van der Waals surface area contributed by atoms with Crippen molar-refractivity contribution in [2.45, 2.75) is 63.5 Å². The van der Waals surface area contributed by atoms with Crippen LogP contribution in [-0.4, -0.2) is 35.9 Å². The molecular weight excluding hydrogens is 310 g/mol. The molecule has 1 saturated carbocycles. The van der Waals surface area contributed by atoms with Crippen LogP contribution in [0.2, 0.25) is 0 Å². The number of hydrogen-bond donors (Lipinski definition) is 2. The fraction of sp³-hybridized carbons (Fsp3) is 0.571. The maximum Gasteiger partial charge on any atom is 0.253 e. The van der Waals surface area contributed by atoms with Crippen LogP contribution < -0.4 is 5.32 Å². The Labute approximate surface area is 150 Å². The lowest BCUT2D eigenvalue weighted by Gasteiger charge is -2.31. The molecule has 4 heteroatoms. The van der Waals surface area contributed by atoms with Crippen LogP contribution >= 0.6 is 0 Å². The SMILES string of the molecule is CN(C)C(=O)c1ccc2[nH]c3c(c2c1)CCCC3NC1CCCCC1. The molecule has 25 heavy (non-hydrogen) atoms. The number of fused-ring (bicyclic) bond motifs is 3. The minimum Gasteiger partial charge on any atom is -0.357 e. The van der Waals surface area contributed by atoms with Crippen molar-refractivity contribution in [1.82, 2.24) is 15.2 Å². The van der Waals surface area contributed by atoms with Crippen molar-refractivity contribution >= 4 is 16.8 Å². The van der Waals surface area contributed by atoms with Gasteiger partial charge in [0.25, 0.3) is 5.91 Å². The molecule has 0 radical (unpaired) electrons. The number of carbonyl (C=O) groups is 1. The molecule has 0 spiro atoms. The summed E-state index contributed by atoms with van der Waals surface area (Å²) in [4.78, 5) is 17.6. The lowest BCUT2D eigenvalue weighted by molar-refractivity contribution is 0.0828. The molecule has 4 rings (SSSR count). The fourth-order valence-corrected chi connectivity index (χ4v) is 4.57. The van der Waals surface area contributed by atoms with E-state index >= 15 is 0 Å². The summed E-state index contributed by atoms with van der Waals surface area (Å²) in [5, 5.41) is 5.16. The predicted octanol–water partition coefficient (Wildman–Crippen LogP) is 4.17. The first-order valence-corrected chi connectivity index (χ1v) is 9.75. The van der Waals surface area contributed by atoms with Gasteiger partial charge in [-0.2, -0.15) is 0 Å². The van der Waals surface area contributed by atoms with Gasteiger partial charge >= 0.3 is 0 Å². The molecule has 2 aliphatic carbocycles. The molecule has 1 aromatic carbocycles. The highest BCUT2D eigenvalue weighted by atomic mass is 16.2. The molecule has 2 N–H and O–H groups in total. The summed E-state index contributed by atoms with van der Waals surface area (Å²) >= 11 is 0. The van der Waals surface area contributed by atoms with Crippen LogP contribution in [0.3, 0.4) is 0 Å². The van der Waals surface area contributed by atoms with E-state index in [0.717, 1.165) is 17.5 Å². The smallest absolute Gasteiger partial charge is 0.253 e. The van der Waals surface area contributed by atoms with Crippen LogP contribution in [0.1, 0.15) is 72.6 Å². The highest BCUT2D eigenvalue weighted by Crippen LogP contribution is 2.36. The number of H-pyrrole nitrogens is 1. The molecule has 0 aliphatic heterocycles. The maximum atomic E-state index is 12.3. The van der Waals surface area contributed by atoms with Crippen molar-refractivity contribution in [2.24, 2.45) is 0 Å². The Morgan fingerprint density at radius 3 is 2.68 bits per heavy atom. The van der Waals surface area contributed by atoms with Crippen LogP contribution in [-0.2, 0) is 6.42 Å². The van der Waals surface area contributed by atoms with Crippen LogP contribution in [0.15, 0.2) is 18.2 Å². The second-order valence-corrected chi connectivity index (χ2v) is 7.92. The van der Waals surface area contributed by atoms with Gasteiger partial charge in [0.2, 0.25) is 0 Å². The number of aryl methyl sites for hydroxylation is 1. The van der Waals surface area contributed by atoms with Gasteiger partial charge < -0.3 is 15.2 Å². The largest absolute Gasteiger partial charge is 0.357 e. The molecule has 2 aliphatic rings. The Balaban J connectivity index is 1.65. The highest BCUT2D eigenvalue weighted by Gasteiger charge is 2.27. The van der Waals surface area contributed by atoms with Gasteiger partial charge in [-0.25, -0.2) is 0 Å². The van der Waals surface area contributed by atoms with Crippen molar-refractivity contribution in [1.29, 1.82) is 0 Å². The average molecular weight is 339 g/mol. The van der Waals surface area contributed by atoms with Gasteiger partial charge in [-0.05, 0) is 55.9 Å². The third-order valence-electron chi connectivity index (χ3n) is 5.90. The second kappa shape index (κ2) is 6.83. The molecule has 1 amide bonds. The summed E-state index contributed by atoms with van der Waals surface area (Å²) in [6.07, 6.45) is 10.3. The molecule has 0 bridgehead atoms. The minimum absolute atomic E-state index is 0.0736. The number of hydrogen-bond acceptors (Lipinski definition) is 2. The monoisotopic (exact) mass is 339 g/mol. The number of amides is 1. The van der Waals surface area contributed by atoms with E-state index in [1.807, 2.05) is 20.2 Å². The van der Waals surface area contributed by atoms with Gasteiger partial charge in [0.05, 0.1) is 0 Å². The number of rotatable bonds is 3. The van der Waals surface area contributed by atoms with Gasteiger partial charge in [-0.3, -0.25) is 4.79 Å². The van der Waals surface area contributed by atoms with Crippen LogP contribution in [0, 0.1) is 0 Å². The Bertz CT molecular complexity index is 771. The Hall–Kier alpha value is -1.81. The molecule has 2 aromatic rings. The third kappa shape index (κ3) is 3.20. The molecule has 1 unspecified atom stereocenters. The van der Waals surface area contributed by atoms with Gasteiger partial charge in [0.1, 0.15) is 0 Å². The van der Waals surface area contributed by atoms with E-state index in [1.54, 1.807) is 4.90 Å². The Kier molecular flexibility index (Phi) is 4.55. The normalized spacial score (nSPS) is 21.3. The quantitative estimate of drug-likeness (QED) is 0.882. The lowest BCUT2D eigenvalue weighted by atomic mass is 9.89. The topological polar surface area (TPSA) is 48.1 Å². The summed E-state index contributed by atoms with van der Waals surface area (Å²) in [6.45, 7) is 0. The van der Waals surface area contributed by atoms with E-state index in [2.05, 4.69) is 22.4 Å². The molecule has 1 aromatic heterocycles. The maximum absolute atomic E-state index is 12.3. The van der Waals surface area contributed by atoms with Crippen molar-refractivity contribution in [3.8, 4) is 0 Å². The fourth-order valence-electron chi connectivity index (χ4n) is 4.57. The predicted molar refractivity (Wildman–Crippen MR) is 102 cm³/mol. The number of nitrogens with one attached hydrogen (secondary N) is 2. The lowest BCUT2D eigenvalue weighted by Crippen LogP contribution is -2.36. The second-order valence-electron chi connectivity index (χ2n) is 7.92.